The number of aromatic nitrogens is 3. The second kappa shape index (κ2) is 14.6. The summed E-state index contributed by atoms with van der Waals surface area (Å²) in [4.78, 5) is 48.9. The average Bonchev–Trinajstić information content (AvgIpc) is 3.43. The number of nitrogens with one attached hydrogen (secondary N) is 3. The first-order chi connectivity index (χ1) is 19.5. The molecule has 0 saturated carbocycles. The topological polar surface area (TPSA) is 187 Å². The summed E-state index contributed by atoms with van der Waals surface area (Å²) in [6.45, 7) is 6.87. The van der Waals surface area contributed by atoms with Gasteiger partial charge < -0.3 is 36.6 Å². The van der Waals surface area contributed by atoms with Gasteiger partial charge in [-0.05, 0) is 56.5 Å². The normalized spacial score (nSPS) is 13.9. The van der Waals surface area contributed by atoms with Gasteiger partial charge in [-0.1, -0.05) is 30.7 Å². The number of carbonyl (C=O) groups excluding carboxylic acids is 3. The van der Waals surface area contributed by atoms with Gasteiger partial charge >= 0.3 is 11.9 Å². The number of nitrogens with zero attached hydrogens (tertiary/aromatic N) is 2. The first-order valence-electron chi connectivity index (χ1n) is 13.2. The molecule has 2 aromatic heterocycles. The summed E-state index contributed by atoms with van der Waals surface area (Å²) in [5.41, 5.74) is 14.2. The molecule has 0 aliphatic rings. The second-order valence-electron chi connectivity index (χ2n) is 9.70. The van der Waals surface area contributed by atoms with Crippen molar-refractivity contribution in [2.45, 2.75) is 58.3 Å². The van der Waals surface area contributed by atoms with Gasteiger partial charge in [0.25, 0.3) is 5.91 Å². The van der Waals surface area contributed by atoms with Crippen LogP contribution in [-0.4, -0.2) is 64.1 Å². The van der Waals surface area contributed by atoms with Crippen molar-refractivity contribution in [2.24, 2.45) is 11.5 Å². The molecule has 0 unspecified atom stereocenters. The quantitative estimate of drug-likeness (QED) is 0.187. The van der Waals surface area contributed by atoms with E-state index in [1.165, 1.54) is 6.92 Å². The number of amides is 1. The maximum Gasteiger partial charge on any atom is 0.322 e. The molecule has 0 radical (unpaired) electrons. The number of H-pyrrole nitrogens is 1. The van der Waals surface area contributed by atoms with Crippen LogP contribution in [0.2, 0.25) is 5.02 Å². The minimum Gasteiger partial charge on any atom is -0.462 e. The maximum absolute atomic E-state index is 13.2. The molecule has 220 valence electrons. The monoisotopic (exact) mass is 585 g/mol. The van der Waals surface area contributed by atoms with E-state index in [1.807, 2.05) is 13.8 Å². The van der Waals surface area contributed by atoms with Crippen molar-refractivity contribution < 1.29 is 23.9 Å². The molecular weight excluding hydrogens is 550 g/mol. The van der Waals surface area contributed by atoms with Gasteiger partial charge in [0.15, 0.2) is 0 Å². The second-order valence-corrected chi connectivity index (χ2v) is 10.1. The van der Waals surface area contributed by atoms with E-state index in [0.717, 1.165) is 5.56 Å². The third kappa shape index (κ3) is 9.00. The number of anilines is 1. The molecule has 0 aliphatic carbocycles. The number of halogens is 1. The van der Waals surface area contributed by atoms with Crippen molar-refractivity contribution in [1.29, 1.82) is 0 Å². The Labute approximate surface area is 243 Å². The van der Waals surface area contributed by atoms with Crippen molar-refractivity contribution >= 4 is 35.4 Å². The number of benzene rings is 1. The zero-order valence-electron chi connectivity index (χ0n) is 23.4. The van der Waals surface area contributed by atoms with E-state index in [9.17, 15) is 14.4 Å². The minimum atomic E-state index is -0.801. The Morgan fingerprint density at radius 3 is 2.39 bits per heavy atom. The van der Waals surface area contributed by atoms with Crippen LogP contribution in [0.1, 0.15) is 54.8 Å². The summed E-state index contributed by atoms with van der Waals surface area (Å²) in [7, 11) is 0. The highest BCUT2D eigenvalue weighted by atomic mass is 35.5. The van der Waals surface area contributed by atoms with Crippen LogP contribution >= 0.6 is 11.6 Å². The number of rotatable bonds is 13. The van der Waals surface area contributed by atoms with Gasteiger partial charge in [-0.3, -0.25) is 14.4 Å². The molecule has 0 aliphatic heterocycles. The standard InChI is InChI=1S/C28H36ClN7O5/c1-5-21(13-40-26(38)16(3)30)34-28-33-11-15(2)24(36-28)19-10-22(32-12-19)25(37)35-23(14-41-27(39)17(4)31)18-7-6-8-20(29)9-18/h6-12,16-17,21,23,32H,5,13-14,30-31H2,1-4H3,(H,35,37)(H,33,34,36)/t16-,17+,21+,23+/m0/s1. The third-order valence-corrected chi connectivity index (χ3v) is 6.35. The van der Waals surface area contributed by atoms with Gasteiger partial charge in [-0.15, -0.1) is 0 Å². The summed E-state index contributed by atoms with van der Waals surface area (Å²) < 4.78 is 10.5. The van der Waals surface area contributed by atoms with Gasteiger partial charge in [-0.2, -0.15) is 0 Å². The van der Waals surface area contributed by atoms with E-state index in [0.29, 0.717) is 34.2 Å². The smallest absolute Gasteiger partial charge is 0.322 e. The molecule has 7 N–H and O–H groups in total. The van der Waals surface area contributed by atoms with Gasteiger partial charge in [0.05, 0.1) is 17.8 Å². The number of carbonyl (C=O) groups is 3. The van der Waals surface area contributed by atoms with E-state index in [-0.39, 0.29) is 24.9 Å². The summed E-state index contributed by atoms with van der Waals surface area (Å²) >= 11 is 6.15. The molecule has 0 fully saturated rings. The number of nitrogens with two attached hydrogens (primary N) is 2. The predicted molar refractivity (Wildman–Crippen MR) is 155 cm³/mol. The molecule has 0 bridgehead atoms. The summed E-state index contributed by atoms with van der Waals surface area (Å²) in [6.07, 6.45) is 3.99. The number of hydrogen-bond acceptors (Lipinski definition) is 10. The van der Waals surface area contributed by atoms with E-state index >= 15 is 0 Å². The number of esters is 2. The highest BCUT2D eigenvalue weighted by molar-refractivity contribution is 6.30. The Balaban J connectivity index is 1.75. The van der Waals surface area contributed by atoms with Gasteiger partial charge in [0, 0.05) is 23.0 Å². The largest absolute Gasteiger partial charge is 0.462 e. The Kier molecular flexibility index (Phi) is 11.2. The molecule has 1 aromatic carbocycles. The molecule has 41 heavy (non-hydrogen) atoms. The number of aryl methyl sites for hydroxylation is 1. The molecular formula is C28H36ClN7O5. The number of hydrogen-bond donors (Lipinski definition) is 5. The fraction of sp³-hybridized carbons (Fsp3) is 0.393. The molecule has 0 saturated heterocycles. The predicted octanol–water partition coefficient (Wildman–Crippen LogP) is 2.88. The van der Waals surface area contributed by atoms with Crippen LogP contribution in [0.4, 0.5) is 5.95 Å². The Hall–Kier alpha value is -4.00. The lowest BCUT2D eigenvalue weighted by Gasteiger charge is -2.20. The van der Waals surface area contributed by atoms with Crippen molar-refractivity contribution in [3.05, 3.63) is 64.6 Å². The lowest BCUT2D eigenvalue weighted by atomic mass is 10.1. The SMILES string of the molecule is CC[C@H](COC(=O)[C@H](C)N)Nc1ncc(C)c(-c2c[nH]c(C(=O)N[C@H](COC(=O)[C@@H](C)N)c3cccc(Cl)c3)c2)n1. The Bertz CT molecular complexity index is 1360. The summed E-state index contributed by atoms with van der Waals surface area (Å²) in [5.74, 6) is -1.16. The Morgan fingerprint density at radius 1 is 1.07 bits per heavy atom. The fourth-order valence-corrected chi connectivity index (χ4v) is 3.90. The van der Waals surface area contributed by atoms with Crippen LogP contribution in [-0.2, 0) is 19.1 Å². The van der Waals surface area contributed by atoms with E-state index < -0.39 is 36.0 Å². The molecule has 0 spiro atoms. The molecule has 4 atom stereocenters. The zero-order chi connectivity index (χ0) is 30.1. The lowest BCUT2D eigenvalue weighted by molar-refractivity contribution is -0.146. The first-order valence-corrected chi connectivity index (χ1v) is 13.6. The maximum atomic E-state index is 13.2. The van der Waals surface area contributed by atoms with E-state index in [1.54, 1.807) is 49.6 Å². The van der Waals surface area contributed by atoms with Crippen molar-refractivity contribution in [1.82, 2.24) is 20.3 Å². The van der Waals surface area contributed by atoms with Crippen molar-refractivity contribution in [2.75, 3.05) is 18.5 Å². The van der Waals surface area contributed by atoms with Crippen LogP contribution in [0.15, 0.2) is 42.7 Å². The lowest BCUT2D eigenvalue weighted by Crippen LogP contribution is -2.35. The summed E-state index contributed by atoms with van der Waals surface area (Å²) in [6, 6.07) is 6.17. The number of ether oxygens (including phenoxy) is 2. The van der Waals surface area contributed by atoms with Crippen LogP contribution in [0.5, 0.6) is 0 Å². The van der Waals surface area contributed by atoms with Crippen LogP contribution in [0, 0.1) is 6.92 Å². The molecule has 1 amide bonds. The minimum absolute atomic E-state index is 0.116. The summed E-state index contributed by atoms with van der Waals surface area (Å²) in [5, 5.41) is 6.54. The van der Waals surface area contributed by atoms with Crippen LogP contribution < -0.4 is 22.1 Å². The average molecular weight is 586 g/mol. The molecule has 3 aromatic rings. The highest BCUT2D eigenvalue weighted by Gasteiger charge is 2.21. The van der Waals surface area contributed by atoms with E-state index in [2.05, 4.69) is 25.6 Å². The molecule has 3 rings (SSSR count). The van der Waals surface area contributed by atoms with Gasteiger partial charge in [-0.25, -0.2) is 9.97 Å². The molecule has 13 heteroatoms. The van der Waals surface area contributed by atoms with Crippen molar-refractivity contribution in [3.63, 3.8) is 0 Å². The van der Waals surface area contributed by atoms with E-state index in [4.69, 9.17) is 32.5 Å². The fourth-order valence-electron chi connectivity index (χ4n) is 3.70. The third-order valence-electron chi connectivity index (χ3n) is 6.12. The Morgan fingerprint density at radius 2 is 1.76 bits per heavy atom. The van der Waals surface area contributed by atoms with Crippen LogP contribution in [0.25, 0.3) is 11.3 Å². The molecule has 2 heterocycles. The first kappa shape index (κ1) is 31.5. The van der Waals surface area contributed by atoms with Gasteiger partial charge in [0.1, 0.15) is 31.0 Å². The van der Waals surface area contributed by atoms with Gasteiger partial charge in [0.2, 0.25) is 5.95 Å². The number of aromatic amines is 1. The molecule has 12 nitrogen and oxygen atoms in total. The zero-order valence-corrected chi connectivity index (χ0v) is 24.2. The highest BCUT2D eigenvalue weighted by Crippen LogP contribution is 2.24. The van der Waals surface area contributed by atoms with Crippen molar-refractivity contribution in [3.8, 4) is 11.3 Å². The van der Waals surface area contributed by atoms with Crippen LogP contribution in [0.3, 0.4) is 0 Å².